The van der Waals surface area contributed by atoms with Crippen LogP contribution in [-0.2, 0) is 9.59 Å². The lowest BCUT2D eigenvalue weighted by atomic mass is 10.0. The van der Waals surface area contributed by atoms with Crippen molar-refractivity contribution in [1.29, 1.82) is 0 Å². The van der Waals surface area contributed by atoms with Gasteiger partial charge in [-0.25, -0.2) is 0 Å². The molecule has 2 aromatic carbocycles. The fourth-order valence-corrected chi connectivity index (χ4v) is 3.78. The minimum atomic E-state index is -0.389. The molecule has 0 aliphatic heterocycles. The molecule has 1 saturated carbocycles. The number of rotatable bonds is 5. The molecule has 5 nitrogen and oxygen atoms in total. The van der Waals surface area contributed by atoms with E-state index in [-0.39, 0.29) is 18.4 Å². The monoisotopic (exact) mass is 404 g/mol. The summed E-state index contributed by atoms with van der Waals surface area (Å²) in [5.74, 6) is 0.500. The number of nitrogens with one attached hydrogen (secondary N) is 2. The molecule has 6 heteroatoms. The van der Waals surface area contributed by atoms with Crippen molar-refractivity contribution in [3.63, 3.8) is 0 Å². The first kappa shape index (κ1) is 17.7. The molecule has 0 atom stereocenters. The van der Waals surface area contributed by atoms with Crippen molar-refractivity contribution >= 4 is 38.5 Å². The van der Waals surface area contributed by atoms with Gasteiger partial charge in [0.25, 0.3) is 5.91 Å². The fraction of sp³-hybridized carbons (Fsp3) is 0.368. The van der Waals surface area contributed by atoms with Gasteiger partial charge in [0.15, 0.2) is 6.61 Å². The number of hydrogen-bond donors (Lipinski definition) is 2. The third-order valence-corrected chi connectivity index (χ3v) is 5.29. The van der Waals surface area contributed by atoms with Gasteiger partial charge in [-0.05, 0) is 51.5 Å². The van der Waals surface area contributed by atoms with E-state index in [9.17, 15) is 9.59 Å². The lowest BCUT2D eigenvalue weighted by Crippen LogP contribution is -2.44. The second kappa shape index (κ2) is 8.34. The number of benzene rings is 2. The molecule has 132 valence electrons. The molecule has 2 aromatic rings. The second-order valence-corrected chi connectivity index (χ2v) is 7.13. The zero-order valence-corrected chi connectivity index (χ0v) is 15.5. The molecule has 0 unspecified atom stereocenters. The largest absolute Gasteiger partial charge is 0.483 e. The molecule has 0 saturated heterocycles. The van der Waals surface area contributed by atoms with Gasteiger partial charge in [-0.15, -0.1) is 0 Å². The average Bonchev–Trinajstić information content (AvgIpc) is 3.12. The topological polar surface area (TPSA) is 67.4 Å². The molecule has 2 N–H and O–H groups in total. The van der Waals surface area contributed by atoms with Gasteiger partial charge < -0.3 is 4.74 Å². The second-order valence-electron chi connectivity index (χ2n) is 6.34. The molecule has 1 aliphatic carbocycles. The summed E-state index contributed by atoms with van der Waals surface area (Å²) in [4.78, 5) is 23.7. The first-order valence-electron chi connectivity index (χ1n) is 8.51. The van der Waals surface area contributed by atoms with E-state index >= 15 is 0 Å². The molecule has 0 bridgehead atoms. The Hall–Kier alpha value is -2.08. The smallest absolute Gasteiger partial charge is 0.276 e. The molecule has 0 aromatic heterocycles. The lowest BCUT2D eigenvalue weighted by molar-refractivity contribution is -0.130. The third kappa shape index (κ3) is 4.72. The van der Waals surface area contributed by atoms with E-state index in [1.807, 2.05) is 36.4 Å². The quantitative estimate of drug-likeness (QED) is 0.746. The maximum atomic E-state index is 11.9. The van der Waals surface area contributed by atoms with Gasteiger partial charge >= 0.3 is 0 Å². The van der Waals surface area contributed by atoms with Crippen molar-refractivity contribution < 1.29 is 14.3 Å². The van der Waals surface area contributed by atoms with Crippen LogP contribution in [0.4, 0.5) is 0 Å². The van der Waals surface area contributed by atoms with Crippen molar-refractivity contribution in [2.24, 2.45) is 5.92 Å². The lowest BCUT2D eigenvalue weighted by Gasteiger charge is -2.12. The maximum absolute atomic E-state index is 11.9. The van der Waals surface area contributed by atoms with Crippen LogP contribution in [0.3, 0.4) is 0 Å². The number of carbonyl (C=O) groups excluding carboxylic acids is 2. The molecular formula is C19H21BrN2O3. The molecule has 0 heterocycles. The van der Waals surface area contributed by atoms with Crippen LogP contribution in [0.25, 0.3) is 10.8 Å². The predicted octanol–water partition coefficient (Wildman–Crippen LogP) is 3.71. The first-order chi connectivity index (χ1) is 12.1. The Morgan fingerprint density at radius 1 is 1.04 bits per heavy atom. The van der Waals surface area contributed by atoms with E-state index in [4.69, 9.17) is 4.74 Å². The standard InChI is InChI=1S/C19H21BrN2O3/c20-19-15-8-4-3-7-14(15)9-10-16(19)25-12-18(24)22-21-17(23)11-13-5-1-2-6-13/h3-4,7-10,13H,1-2,5-6,11-12H2,(H,21,23)(H,22,24). The van der Waals surface area contributed by atoms with E-state index in [0.29, 0.717) is 18.1 Å². The molecule has 3 rings (SSSR count). The van der Waals surface area contributed by atoms with Crippen LogP contribution in [0.15, 0.2) is 40.9 Å². The van der Waals surface area contributed by atoms with Gasteiger partial charge in [0.2, 0.25) is 5.91 Å². The van der Waals surface area contributed by atoms with Crippen LogP contribution in [0.5, 0.6) is 5.75 Å². The van der Waals surface area contributed by atoms with Crippen LogP contribution >= 0.6 is 15.9 Å². The predicted molar refractivity (Wildman–Crippen MR) is 100 cm³/mol. The number of ether oxygens (including phenoxy) is 1. The highest BCUT2D eigenvalue weighted by Crippen LogP contribution is 2.33. The number of hydrazine groups is 1. The number of halogens is 1. The van der Waals surface area contributed by atoms with E-state index in [0.717, 1.165) is 28.1 Å². The SMILES string of the molecule is O=C(COc1ccc2ccccc2c1Br)NNC(=O)CC1CCCC1. The molecule has 2 amide bonds. The maximum Gasteiger partial charge on any atom is 0.276 e. The molecule has 1 fully saturated rings. The Balaban J connectivity index is 1.47. The van der Waals surface area contributed by atoms with Crippen molar-refractivity contribution in [1.82, 2.24) is 10.9 Å². The van der Waals surface area contributed by atoms with Crippen LogP contribution in [0, 0.1) is 5.92 Å². The van der Waals surface area contributed by atoms with Gasteiger partial charge in [-0.2, -0.15) is 0 Å². The van der Waals surface area contributed by atoms with Crippen LogP contribution in [-0.4, -0.2) is 18.4 Å². The third-order valence-electron chi connectivity index (χ3n) is 4.48. The van der Waals surface area contributed by atoms with Gasteiger partial charge in [0, 0.05) is 6.42 Å². The van der Waals surface area contributed by atoms with Gasteiger partial charge in [0.1, 0.15) is 5.75 Å². The van der Waals surface area contributed by atoms with E-state index < -0.39 is 0 Å². The Morgan fingerprint density at radius 2 is 1.76 bits per heavy atom. The molecular weight excluding hydrogens is 384 g/mol. The van der Waals surface area contributed by atoms with Crippen molar-refractivity contribution in [3.05, 3.63) is 40.9 Å². The summed E-state index contributed by atoms with van der Waals surface area (Å²) in [6.45, 7) is -0.166. The fourth-order valence-electron chi connectivity index (χ4n) is 3.17. The number of carbonyl (C=O) groups is 2. The van der Waals surface area contributed by atoms with E-state index in [1.165, 1.54) is 12.8 Å². The summed E-state index contributed by atoms with van der Waals surface area (Å²) >= 11 is 3.52. The minimum Gasteiger partial charge on any atom is -0.483 e. The Bertz CT molecular complexity index is 772. The van der Waals surface area contributed by atoms with E-state index in [1.54, 1.807) is 0 Å². The highest BCUT2D eigenvalue weighted by atomic mass is 79.9. The summed E-state index contributed by atoms with van der Waals surface area (Å²) in [6, 6.07) is 11.7. The normalized spacial score (nSPS) is 14.4. The highest BCUT2D eigenvalue weighted by Gasteiger charge is 2.18. The summed E-state index contributed by atoms with van der Waals surface area (Å²) in [5.41, 5.74) is 4.86. The summed E-state index contributed by atoms with van der Waals surface area (Å²) < 4.78 is 6.37. The van der Waals surface area contributed by atoms with Gasteiger partial charge in [0.05, 0.1) is 4.47 Å². The average molecular weight is 405 g/mol. The van der Waals surface area contributed by atoms with Crippen LogP contribution in [0.1, 0.15) is 32.1 Å². The number of fused-ring (bicyclic) bond motifs is 1. The van der Waals surface area contributed by atoms with Crippen molar-refractivity contribution in [3.8, 4) is 5.75 Å². The first-order valence-corrected chi connectivity index (χ1v) is 9.30. The van der Waals surface area contributed by atoms with E-state index in [2.05, 4.69) is 26.8 Å². The van der Waals surface area contributed by atoms with Gasteiger partial charge in [-0.1, -0.05) is 43.2 Å². The minimum absolute atomic E-state index is 0.146. The zero-order valence-electron chi connectivity index (χ0n) is 13.9. The summed E-state index contributed by atoms with van der Waals surface area (Å²) in [5, 5.41) is 2.11. The van der Waals surface area contributed by atoms with Crippen LogP contribution in [0.2, 0.25) is 0 Å². The van der Waals surface area contributed by atoms with Gasteiger partial charge in [-0.3, -0.25) is 20.4 Å². The Labute approximate surface area is 155 Å². The van der Waals surface area contributed by atoms with Crippen molar-refractivity contribution in [2.45, 2.75) is 32.1 Å². The molecule has 0 spiro atoms. The zero-order chi connectivity index (χ0) is 17.6. The molecule has 0 radical (unpaired) electrons. The van der Waals surface area contributed by atoms with Crippen LogP contribution < -0.4 is 15.6 Å². The summed E-state index contributed by atoms with van der Waals surface area (Å²) in [7, 11) is 0. The molecule has 1 aliphatic rings. The van der Waals surface area contributed by atoms with Crippen molar-refractivity contribution in [2.75, 3.05) is 6.61 Å². The number of amides is 2. The highest BCUT2D eigenvalue weighted by molar-refractivity contribution is 9.10. The Morgan fingerprint density at radius 3 is 2.56 bits per heavy atom. The number of hydrogen-bond acceptors (Lipinski definition) is 3. The summed E-state index contributed by atoms with van der Waals surface area (Å²) in [6.07, 6.45) is 5.05. The molecule has 25 heavy (non-hydrogen) atoms. The Kier molecular flexibility index (Phi) is 5.91.